The number of rotatable bonds is 6. The van der Waals surface area contributed by atoms with Crippen molar-refractivity contribution in [2.75, 3.05) is 20.2 Å². The predicted octanol–water partition coefficient (Wildman–Crippen LogP) is 1.03. The molecule has 3 rings (SSSR count). The summed E-state index contributed by atoms with van der Waals surface area (Å²) >= 11 is 0. The van der Waals surface area contributed by atoms with Gasteiger partial charge >= 0.3 is 0 Å². The van der Waals surface area contributed by atoms with E-state index in [2.05, 4.69) is 20.6 Å². The predicted molar refractivity (Wildman–Crippen MR) is 113 cm³/mol. The number of nitrogens with zero attached hydrogens (tertiary/aromatic N) is 5. The van der Waals surface area contributed by atoms with Crippen LogP contribution in [0.15, 0.2) is 24.5 Å². The molecule has 168 valence electrons. The molecule has 0 aromatic carbocycles. The zero-order chi connectivity index (χ0) is 22.8. The number of hydrogen-bond donors (Lipinski definition) is 2. The van der Waals surface area contributed by atoms with Crippen LogP contribution in [-0.2, 0) is 9.59 Å². The SMILES string of the molecule is CCOc1ccc(-c2cn([C@H](C(=O)N3CC(O)CC3C(=O)NC)C(C)(C)C)nn2)cn1. The molecule has 3 atom stereocenters. The van der Waals surface area contributed by atoms with Crippen LogP contribution in [0, 0.1) is 5.41 Å². The minimum Gasteiger partial charge on any atom is -0.478 e. The molecule has 3 heterocycles. The number of aromatic nitrogens is 4. The van der Waals surface area contributed by atoms with Crippen LogP contribution >= 0.6 is 0 Å². The number of carbonyl (C=O) groups excluding carboxylic acids is 2. The fraction of sp³-hybridized carbons (Fsp3) is 0.571. The van der Waals surface area contributed by atoms with Gasteiger partial charge < -0.3 is 20.1 Å². The van der Waals surface area contributed by atoms with E-state index in [4.69, 9.17) is 4.74 Å². The zero-order valence-corrected chi connectivity index (χ0v) is 18.6. The largest absolute Gasteiger partial charge is 0.478 e. The van der Waals surface area contributed by atoms with E-state index in [-0.39, 0.29) is 24.8 Å². The highest BCUT2D eigenvalue weighted by Gasteiger charge is 2.45. The molecule has 2 unspecified atom stereocenters. The first-order valence-corrected chi connectivity index (χ1v) is 10.4. The highest BCUT2D eigenvalue weighted by Crippen LogP contribution is 2.35. The molecule has 0 spiro atoms. The van der Waals surface area contributed by atoms with Crippen LogP contribution < -0.4 is 10.1 Å². The van der Waals surface area contributed by atoms with Gasteiger partial charge in [0.05, 0.1) is 18.9 Å². The Morgan fingerprint density at radius 2 is 2.10 bits per heavy atom. The van der Waals surface area contributed by atoms with E-state index in [1.807, 2.05) is 33.8 Å². The van der Waals surface area contributed by atoms with Crippen LogP contribution in [0.1, 0.15) is 40.2 Å². The number of aliphatic hydroxyl groups is 1. The molecule has 1 saturated heterocycles. The van der Waals surface area contributed by atoms with Crippen LogP contribution in [0.5, 0.6) is 5.88 Å². The van der Waals surface area contributed by atoms with Crippen molar-refractivity contribution < 1.29 is 19.4 Å². The summed E-state index contributed by atoms with van der Waals surface area (Å²) < 4.78 is 6.89. The van der Waals surface area contributed by atoms with Crippen LogP contribution in [-0.4, -0.2) is 74.1 Å². The molecule has 2 N–H and O–H groups in total. The Morgan fingerprint density at radius 3 is 2.68 bits per heavy atom. The van der Waals surface area contributed by atoms with E-state index in [9.17, 15) is 14.7 Å². The zero-order valence-electron chi connectivity index (χ0n) is 18.6. The Kier molecular flexibility index (Phi) is 6.59. The number of β-amino-alcohol motifs (C(OH)–C–C–N with tert-alkyl or cyclic N) is 1. The second-order valence-corrected chi connectivity index (χ2v) is 8.68. The Hall–Kier alpha value is -3.01. The highest BCUT2D eigenvalue weighted by molar-refractivity contribution is 5.90. The molecule has 1 aliphatic heterocycles. The minimum atomic E-state index is -0.742. The van der Waals surface area contributed by atoms with E-state index in [0.29, 0.717) is 18.2 Å². The van der Waals surface area contributed by atoms with Crippen molar-refractivity contribution in [3.8, 4) is 17.1 Å². The third-order valence-corrected chi connectivity index (χ3v) is 5.26. The van der Waals surface area contributed by atoms with E-state index in [1.54, 1.807) is 18.5 Å². The van der Waals surface area contributed by atoms with Crippen LogP contribution in [0.4, 0.5) is 0 Å². The summed E-state index contributed by atoms with van der Waals surface area (Å²) in [5.74, 6) is -0.0505. The Labute approximate surface area is 181 Å². The first-order chi connectivity index (χ1) is 14.7. The number of likely N-dealkylation sites (N-methyl/N-ethyl adjacent to an activating group) is 1. The summed E-state index contributed by atoms with van der Waals surface area (Å²) in [5, 5.41) is 21.1. The average Bonchev–Trinajstić information content (AvgIpc) is 3.34. The number of pyridine rings is 1. The molecule has 2 aromatic heterocycles. The van der Waals surface area contributed by atoms with E-state index < -0.39 is 23.6 Å². The Morgan fingerprint density at radius 1 is 1.35 bits per heavy atom. The maximum Gasteiger partial charge on any atom is 0.248 e. The summed E-state index contributed by atoms with van der Waals surface area (Å²) in [6, 6.07) is 2.17. The molecule has 31 heavy (non-hydrogen) atoms. The minimum absolute atomic E-state index is 0.105. The summed E-state index contributed by atoms with van der Waals surface area (Å²) in [7, 11) is 1.52. The summed E-state index contributed by atoms with van der Waals surface area (Å²) in [6.45, 7) is 8.30. The van der Waals surface area contributed by atoms with Gasteiger partial charge in [0, 0.05) is 37.8 Å². The fourth-order valence-corrected chi connectivity index (χ4v) is 3.81. The normalized spacial score (nSPS) is 19.9. The highest BCUT2D eigenvalue weighted by atomic mass is 16.5. The molecule has 0 bridgehead atoms. The number of carbonyl (C=O) groups is 2. The first-order valence-electron chi connectivity index (χ1n) is 10.4. The molecule has 10 nitrogen and oxygen atoms in total. The Bertz CT molecular complexity index is 921. The van der Waals surface area contributed by atoms with Crippen molar-refractivity contribution in [1.29, 1.82) is 0 Å². The molecule has 0 radical (unpaired) electrons. The van der Waals surface area contributed by atoms with Crippen molar-refractivity contribution in [2.24, 2.45) is 5.41 Å². The van der Waals surface area contributed by atoms with Gasteiger partial charge in [-0.15, -0.1) is 5.10 Å². The summed E-state index contributed by atoms with van der Waals surface area (Å²) in [6.07, 6.45) is 2.81. The third kappa shape index (κ3) is 4.84. The lowest BCUT2D eigenvalue weighted by Crippen LogP contribution is -2.49. The molecule has 0 saturated carbocycles. The van der Waals surface area contributed by atoms with Gasteiger partial charge in [0.15, 0.2) is 0 Å². The van der Waals surface area contributed by atoms with E-state index >= 15 is 0 Å². The van der Waals surface area contributed by atoms with E-state index in [1.165, 1.54) is 16.6 Å². The average molecular weight is 431 g/mol. The van der Waals surface area contributed by atoms with Crippen molar-refractivity contribution in [1.82, 2.24) is 30.2 Å². The smallest absolute Gasteiger partial charge is 0.248 e. The number of amides is 2. The van der Waals surface area contributed by atoms with Crippen LogP contribution in [0.2, 0.25) is 0 Å². The molecular weight excluding hydrogens is 400 g/mol. The van der Waals surface area contributed by atoms with Crippen molar-refractivity contribution in [3.63, 3.8) is 0 Å². The maximum absolute atomic E-state index is 13.5. The summed E-state index contributed by atoms with van der Waals surface area (Å²) in [4.78, 5) is 31.5. The van der Waals surface area contributed by atoms with Gasteiger partial charge in [-0.2, -0.15) is 0 Å². The van der Waals surface area contributed by atoms with Gasteiger partial charge in [-0.05, 0) is 18.4 Å². The Balaban J connectivity index is 1.90. The topological polar surface area (TPSA) is 122 Å². The molecule has 2 aromatic rings. The van der Waals surface area contributed by atoms with Gasteiger partial charge in [0.1, 0.15) is 17.8 Å². The van der Waals surface area contributed by atoms with E-state index in [0.717, 1.165) is 5.56 Å². The first kappa shape index (κ1) is 22.7. The third-order valence-electron chi connectivity index (χ3n) is 5.26. The second-order valence-electron chi connectivity index (χ2n) is 8.68. The molecule has 10 heteroatoms. The number of likely N-dealkylation sites (tertiary alicyclic amines) is 1. The van der Waals surface area contributed by atoms with Crippen molar-refractivity contribution >= 4 is 11.8 Å². The standard InChI is InChI=1S/C21H30N6O4/c1-6-31-17-8-7-13(10-23-17)15-12-27(25-24-15)18(21(2,3)4)20(30)26-11-14(28)9-16(26)19(29)22-5/h7-8,10,12,14,16,18,28H,6,9,11H2,1-5H3,(H,22,29)/t14?,16?,18-/m1/s1. The molecule has 2 amide bonds. The molecular formula is C21H30N6O4. The number of ether oxygens (including phenoxy) is 1. The van der Waals surface area contributed by atoms with Gasteiger partial charge in [-0.3, -0.25) is 9.59 Å². The van der Waals surface area contributed by atoms with Crippen LogP contribution in [0.3, 0.4) is 0 Å². The maximum atomic E-state index is 13.5. The van der Waals surface area contributed by atoms with Gasteiger partial charge in [-0.25, -0.2) is 9.67 Å². The lowest BCUT2D eigenvalue weighted by Gasteiger charge is -2.34. The monoisotopic (exact) mass is 430 g/mol. The fourth-order valence-electron chi connectivity index (χ4n) is 3.81. The lowest BCUT2D eigenvalue weighted by molar-refractivity contribution is -0.144. The molecule has 1 aliphatic rings. The van der Waals surface area contributed by atoms with Crippen molar-refractivity contribution in [2.45, 2.75) is 52.3 Å². The second kappa shape index (κ2) is 9.01. The van der Waals surface area contributed by atoms with Crippen LogP contribution in [0.25, 0.3) is 11.3 Å². The van der Waals surface area contributed by atoms with Gasteiger partial charge in [-0.1, -0.05) is 26.0 Å². The molecule has 1 fully saturated rings. The quantitative estimate of drug-likeness (QED) is 0.702. The number of nitrogens with one attached hydrogen (secondary N) is 1. The number of hydrogen-bond acceptors (Lipinski definition) is 7. The summed E-state index contributed by atoms with van der Waals surface area (Å²) in [5.41, 5.74) is 0.802. The lowest BCUT2D eigenvalue weighted by atomic mass is 9.85. The van der Waals surface area contributed by atoms with Crippen molar-refractivity contribution in [3.05, 3.63) is 24.5 Å². The van der Waals surface area contributed by atoms with Gasteiger partial charge in [0.25, 0.3) is 0 Å². The van der Waals surface area contributed by atoms with Gasteiger partial charge in [0.2, 0.25) is 17.7 Å². The molecule has 0 aliphatic carbocycles. The number of aliphatic hydroxyl groups excluding tert-OH is 1.